The summed E-state index contributed by atoms with van der Waals surface area (Å²) in [4.78, 5) is 28.8. The number of hydrogen-bond donors (Lipinski definition) is 0. The number of rotatable bonds is 5. The molecule has 3 heterocycles. The largest absolute Gasteiger partial charge is 0.332 e. The van der Waals surface area contributed by atoms with Crippen molar-refractivity contribution in [3.8, 4) is 11.4 Å². The molecule has 150 valence electrons. The number of nitrogens with zero attached hydrogens (tertiary/aromatic N) is 7. The Morgan fingerprint density at radius 3 is 2.59 bits per heavy atom. The minimum absolute atomic E-state index is 0.342. The van der Waals surface area contributed by atoms with Crippen LogP contribution in [0.15, 0.2) is 45.3 Å². The maximum Gasteiger partial charge on any atom is 0.332 e. The van der Waals surface area contributed by atoms with Crippen molar-refractivity contribution in [1.29, 1.82) is 0 Å². The van der Waals surface area contributed by atoms with Crippen molar-refractivity contribution in [2.24, 2.45) is 21.1 Å². The summed E-state index contributed by atoms with van der Waals surface area (Å²) in [7, 11) is 5.03. The van der Waals surface area contributed by atoms with Crippen molar-refractivity contribution >= 4 is 22.9 Å². The molecule has 0 radical (unpaired) electrons. The molecule has 0 N–H and O–H groups in total. The van der Waals surface area contributed by atoms with Crippen molar-refractivity contribution in [1.82, 2.24) is 33.4 Å². The van der Waals surface area contributed by atoms with E-state index in [-0.39, 0.29) is 11.2 Å². The number of imidazole rings is 1. The molecule has 29 heavy (non-hydrogen) atoms. The maximum atomic E-state index is 12.5. The summed E-state index contributed by atoms with van der Waals surface area (Å²) < 4.78 is 6.23. The summed E-state index contributed by atoms with van der Waals surface area (Å²) >= 11 is 1.55. The van der Waals surface area contributed by atoms with Gasteiger partial charge in [-0.05, 0) is 13.0 Å². The molecule has 10 heteroatoms. The fourth-order valence-corrected chi connectivity index (χ4v) is 4.13. The third kappa shape index (κ3) is 3.29. The van der Waals surface area contributed by atoms with E-state index in [1.165, 1.54) is 17.2 Å². The van der Waals surface area contributed by atoms with E-state index in [2.05, 4.69) is 21.2 Å². The van der Waals surface area contributed by atoms with Gasteiger partial charge in [-0.2, -0.15) is 0 Å². The average Bonchev–Trinajstić information content (AvgIpc) is 3.29. The molecule has 1 aromatic carbocycles. The van der Waals surface area contributed by atoms with Gasteiger partial charge in [0.05, 0.1) is 6.33 Å². The molecule has 3 aromatic heterocycles. The number of thioether (sulfide) groups is 1. The number of aryl methyl sites for hydroxylation is 3. The van der Waals surface area contributed by atoms with E-state index < -0.39 is 0 Å². The van der Waals surface area contributed by atoms with Crippen molar-refractivity contribution in [3.05, 3.63) is 57.0 Å². The molecule has 0 fully saturated rings. The van der Waals surface area contributed by atoms with Crippen LogP contribution < -0.4 is 11.2 Å². The summed E-state index contributed by atoms with van der Waals surface area (Å²) in [5, 5.41) is 9.42. The third-order valence-corrected chi connectivity index (χ3v) is 5.89. The Hall–Kier alpha value is -3.14. The molecule has 0 saturated carbocycles. The van der Waals surface area contributed by atoms with Gasteiger partial charge >= 0.3 is 5.69 Å². The topological polar surface area (TPSA) is 92.5 Å². The van der Waals surface area contributed by atoms with E-state index in [1.807, 2.05) is 36.7 Å². The highest BCUT2D eigenvalue weighted by molar-refractivity contribution is 7.99. The second kappa shape index (κ2) is 7.36. The summed E-state index contributed by atoms with van der Waals surface area (Å²) in [6.45, 7) is 2.60. The Morgan fingerprint density at radius 1 is 1.03 bits per heavy atom. The zero-order valence-electron chi connectivity index (χ0n) is 16.7. The van der Waals surface area contributed by atoms with Gasteiger partial charge in [-0.15, -0.1) is 10.2 Å². The van der Waals surface area contributed by atoms with Gasteiger partial charge in [0.25, 0.3) is 5.56 Å². The quantitative estimate of drug-likeness (QED) is 0.460. The van der Waals surface area contributed by atoms with Crippen molar-refractivity contribution in [3.63, 3.8) is 0 Å². The number of aromatic nitrogens is 7. The third-order valence-electron chi connectivity index (χ3n) is 4.89. The first-order valence-electron chi connectivity index (χ1n) is 9.08. The highest BCUT2D eigenvalue weighted by atomic mass is 32.2. The van der Waals surface area contributed by atoms with Gasteiger partial charge in [0.2, 0.25) is 0 Å². The monoisotopic (exact) mass is 411 g/mol. The molecule has 0 spiro atoms. The lowest BCUT2D eigenvalue weighted by Gasteiger charge is -2.07. The van der Waals surface area contributed by atoms with Gasteiger partial charge in [-0.3, -0.25) is 13.9 Å². The standard InChI is InChI=1S/C19H21N7O2S/c1-12-6-5-7-13(10-12)15-21-22-18(23(15)2)29-9-8-26-11-20-16-14(26)17(27)25(4)19(28)24(16)3/h5-7,10-11H,8-9H2,1-4H3. The minimum Gasteiger partial charge on any atom is -0.324 e. The van der Waals surface area contributed by atoms with E-state index in [9.17, 15) is 9.59 Å². The first-order chi connectivity index (χ1) is 13.9. The molecule has 4 aromatic rings. The summed E-state index contributed by atoms with van der Waals surface area (Å²) in [5.41, 5.74) is 2.28. The van der Waals surface area contributed by atoms with Crippen molar-refractivity contribution in [2.45, 2.75) is 18.6 Å². The number of benzene rings is 1. The Balaban J connectivity index is 1.55. The number of hydrogen-bond acceptors (Lipinski definition) is 6. The van der Waals surface area contributed by atoms with Gasteiger partial charge in [-0.1, -0.05) is 35.5 Å². The summed E-state index contributed by atoms with van der Waals surface area (Å²) in [5.74, 6) is 1.49. The van der Waals surface area contributed by atoms with Crippen LogP contribution in [0.3, 0.4) is 0 Å². The molecule has 0 amide bonds. The molecule has 9 nitrogen and oxygen atoms in total. The van der Waals surface area contributed by atoms with Crippen LogP contribution in [0.2, 0.25) is 0 Å². The van der Waals surface area contributed by atoms with E-state index >= 15 is 0 Å². The molecule has 0 atom stereocenters. The normalized spacial score (nSPS) is 11.4. The minimum atomic E-state index is -0.384. The molecular weight excluding hydrogens is 390 g/mol. The first-order valence-corrected chi connectivity index (χ1v) is 10.1. The summed E-state index contributed by atoms with van der Waals surface area (Å²) in [6, 6.07) is 8.15. The molecular formula is C19H21N7O2S. The predicted octanol–water partition coefficient (Wildman–Crippen LogP) is 1.33. The molecule has 0 saturated heterocycles. The lowest BCUT2D eigenvalue weighted by atomic mass is 10.1. The second-order valence-electron chi connectivity index (χ2n) is 6.90. The van der Waals surface area contributed by atoms with Gasteiger partial charge in [0.1, 0.15) is 0 Å². The first kappa shape index (κ1) is 19.2. The van der Waals surface area contributed by atoms with Crippen LogP contribution in [-0.2, 0) is 27.7 Å². The van der Waals surface area contributed by atoms with Crippen molar-refractivity contribution < 1.29 is 0 Å². The predicted molar refractivity (Wildman–Crippen MR) is 112 cm³/mol. The molecule has 0 aliphatic carbocycles. The van der Waals surface area contributed by atoms with Crippen LogP contribution in [0.1, 0.15) is 5.56 Å². The second-order valence-corrected chi connectivity index (χ2v) is 7.96. The molecule has 0 bridgehead atoms. The highest BCUT2D eigenvalue weighted by Gasteiger charge is 2.15. The zero-order chi connectivity index (χ0) is 20.7. The average molecular weight is 411 g/mol. The molecule has 0 aliphatic rings. The van der Waals surface area contributed by atoms with Gasteiger partial charge in [0.15, 0.2) is 22.1 Å². The van der Waals surface area contributed by atoms with Crippen LogP contribution in [0.4, 0.5) is 0 Å². The smallest absolute Gasteiger partial charge is 0.324 e. The lowest BCUT2D eigenvalue weighted by molar-refractivity contribution is 0.700. The van der Waals surface area contributed by atoms with E-state index in [4.69, 9.17) is 0 Å². The molecule has 0 aliphatic heterocycles. The summed E-state index contributed by atoms with van der Waals surface area (Å²) in [6.07, 6.45) is 1.60. The maximum absolute atomic E-state index is 12.5. The van der Waals surface area contributed by atoms with Gasteiger partial charge in [-0.25, -0.2) is 9.78 Å². The molecule has 0 unspecified atom stereocenters. The Bertz CT molecular complexity index is 1330. The fourth-order valence-electron chi connectivity index (χ4n) is 3.28. The van der Waals surface area contributed by atoms with Gasteiger partial charge in [0, 0.05) is 39.0 Å². The lowest BCUT2D eigenvalue weighted by Crippen LogP contribution is -2.37. The van der Waals surface area contributed by atoms with Crippen LogP contribution in [0, 0.1) is 6.92 Å². The van der Waals surface area contributed by atoms with E-state index in [0.29, 0.717) is 23.5 Å². The Kier molecular flexibility index (Phi) is 4.87. The van der Waals surface area contributed by atoms with E-state index in [0.717, 1.165) is 21.1 Å². The van der Waals surface area contributed by atoms with Crippen molar-refractivity contribution in [2.75, 3.05) is 5.75 Å². The van der Waals surface area contributed by atoms with Crippen LogP contribution in [-0.4, -0.2) is 39.2 Å². The highest BCUT2D eigenvalue weighted by Crippen LogP contribution is 2.23. The SMILES string of the molecule is Cc1cccc(-c2nnc(SCCn3cnc4c3c(=O)n(C)c(=O)n4C)n2C)c1. The fraction of sp³-hybridized carbons (Fsp3) is 0.316. The van der Waals surface area contributed by atoms with Gasteiger partial charge < -0.3 is 9.13 Å². The number of fused-ring (bicyclic) bond motifs is 1. The van der Waals surface area contributed by atoms with E-state index in [1.54, 1.807) is 29.7 Å². The van der Waals surface area contributed by atoms with Crippen LogP contribution in [0.25, 0.3) is 22.6 Å². The Labute approximate surface area is 170 Å². The van der Waals surface area contributed by atoms with Crippen LogP contribution >= 0.6 is 11.8 Å². The molecule has 4 rings (SSSR count). The zero-order valence-corrected chi connectivity index (χ0v) is 17.5. The van der Waals surface area contributed by atoms with Crippen LogP contribution in [0.5, 0.6) is 0 Å². The Morgan fingerprint density at radius 2 is 1.83 bits per heavy atom.